The van der Waals surface area contributed by atoms with Crippen molar-refractivity contribution in [2.24, 2.45) is 5.73 Å². The molecule has 0 saturated carbocycles. The van der Waals surface area contributed by atoms with E-state index in [1.165, 1.54) is 0 Å². The van der Waals surface area contributed by atoms with Gasteiger partial charge in [0.2, 0.25) is 0 Å². The van der Waals surface area contributed by atoms with E-state index in [2.05, 4.69) is 5.32 Å². The SMILES string of the molecule is Cc1ccc(NC(CCN)[C@H](O)CC(=O)OC(C)(C)C)c(N)c1. The first-order valence-corrected chi connectivity index (χ1v) is 7.85. The van der Waals surface area contributed by atoms with Gasteiger partial charge in [-0.2, -0.15) is 0 Å². The molecule has 0 bridgehead atoms. The molecule has 0 radical (unpaired) electrons. The van der Waals surface area contributed by atoms with Crippen molar-refractivity contribution in [1.82, 2.24) is 0 Å². The first-order chi connectivity index (χ1) is 10.6. The van der Waals surface area contributed by atoms with E-state index in [-0.39, 0.29) is 12.5 Å². The number of nitrogens with two attached hydrogens (primary N) is 2. The van der Waals surface area contributed by atoms with Gasteiger partial charge in [-0.3, -0.25) is 4.79 Å². The fourth-order valence-corrected chi connectivity index (χ4v) is 2.25. The molecular weight excluding hydrogens is 294 g/mol. The molecule has 1 aromatic rings. The van der Waals surface area contributed by atoms with Gasteiger partial charge in [0.15, 0.2) is 0 Å². The second-order valence-corrected chi connectivity index (χ2v) is 6.78. The first kappa shape index (κ1) is 19.3. The third kappa shape index (κ3) is 6.88. The highest BCUT2D eigenvalue weighted by atomic mass is 16.6. The van der Waals surface area contributed by atoms with Crippen molar-refractivity contribution < 1.29 is 14.6 Å². The molecule has 1 rings (SSSR count). The molecule has 130 valence electrons. The molecule has 0 spiro atoms. The summed E-state index contributed by atoms with van der Waals surface area (Å²) in [6.45, 7) is 7.71. The van der Waals surface area contributed by atoms with Crippen molar-refractivity contribution in [2.45, 2.75) is 58.3 Å². The summed E-state index contributed by atoms with van der Waals surface area (Å²) >= 11 is 0. The molecule has 6 N–H and O–H groups in total. The molecule has 0 aliphatic rings. The van der Waals surface area contributed by atoms with E-state index in [0.29, 0.717) is 18.7 Å². The van der Waals surface area contributed by atoms with Crippen LogP contribution in [0.15, 0.2) is 18.2 Å². The van der Waals surface area contributed by atoms with E-state index in [1.54, 1.807) is 20.8 Å². The molecular formula is C17H29N3O3. The van der Waals surface area contributed by atoms with Gasteiger partial charge < -0.3 is 26.6 Å². The molecule has 6 heteroatoms. The largest absolute Gasteiger partial charge is 0.460 e. The quantitative estimate of drug-likeness (QED) is 0.450. The number of esters is 1. The van der Waals surface area contributed by atoms with Crippen molar-refractivity contribution in [3.63, 3.8) is 0 Å². The number of aliphatic hydroxyl groups excluding tert-OH is 1. The molecule has 2 atom stereocenters. The van der Waals surface area contributed by atoms with Gasteiger partial charge in [-0.1, -0.05) is 6.07 Å². The van der Waals surface area contributed by atoms with Crippen molar-refractivity contribution in [3.05, 3.63) is 23.8 Å². The number of nitrogens with one attached hydrogen (secondary N) is 1. The van der Waals surface area contributed by atoms with Crippen LogP contribution in [0.1, 0.15) is 39.2 Å². The predicted molar refractivity (Wildman–Crippen MR) is 93.1 cm³/mol. The molecule has 0 saturated heterocycles. The zero-order chi connectivity index (χ0) is 17.6. The molecule has 0 aliphatic heterocycles. The Labute approximate surface area is 138 Å². The van der Waals surface area contributed by atoms with E-state index in [1.807, 2.05) is 25.1 Å². The Morgan fingerprint density at radius 1 is 1.39 bits per heavy atom. The Kier molecular flexibility index (Phi) is 6.84. The average Bonchev–Trinajstić information content (AvgIpc) is 2.38. The lowest BCUT2D eigenvalue weighted by Gasteiger charge is -2.26. The number of aryl methyl sites for hydroxylation is 1. The van der Waals surface area contributed by atoms with Crippen molar-refractivity contribution in [1.29, 1.82) is 0 Å². The summed E-state index contributed by atoms with van der Waals surface area (Å²) in [4.78, 5) is 11.9. The van der Waals surface area contributed by atoms with Crippen LogP contribution in [-0.4, -0.2) is 35.4 Å². The van der Waals surface area contributed by atoms with Crippen LogP contribution in [0.5, 0.6) is 0 Å². The summed E-state index contributed by atoms with van der Waals surface area (Å²) in [6, 6.07) is 5.26. The minimum Gasteiger partial charge on any atom is -0.460 e. The van der Waals surface area contributed by atoms with Crippen molar-refractivity contribution in [3.8, 4) is 0 Å². The van der Waals surface area contributed by atoms with Gasteiger partial charge in [0.1, 0.15) is 5.60 Å². The lowest BCUT2D eigenvalue weighted by molar-refractivity contribution is -0.157. The maximum absolute atomic E-state index is 11.9. The summed E-state index contributed by atoms with van der Waals surface area (Å²) in [7, 11) is 0. The highest BCUT2D eigenvalue weighted by Gasteiger charge is 2.25. The van der Waals surface area contributed by atoms with E-state index in [9.17, 15) is 9.90 Å². The van der Waals surface area contributed by atoms with Gasteiger partial charge in [-0.15, -0.1) is 0 Å². The van der Waals surface area contributed by atoms with Gasteiger partial charge in [0.05, 0.1) is 29.9 Å². The normalized spacial score (nSPS) is 14.2. The van der Waals surface area contributed by atoms with Crippen molar-refractivity contribution in [2.75, 3.05) is 17.6 Å². The van der Waals surface area contributed by atoms with Gasteiger partial charge >= 0.3 is 5.97 Å². The molecule has 23 heavy (non-hydrogen) atoms. The number of carbonyl (C=O) groups is 1. The molecule has 0 aliphatic carbocycles. The average molecular weight is 323 g/mol. The summed E-state index contributed by atoms with van der Waals surface area (Å²) in [5.41, 5.74) is 13.4. The number of benzene rings is 1. The Morgan fingerprint density at radius 3 is 2.57 bits per heavy atom. The standard InChI is InChI=1S/C17H29N3O3/c1-11-5-6-13(12(19)9-11)20-14(7-8-18)15(21)10-16(22)23-17(2,3)4/h5-6,9,14-15,20-21H,7-8,10,18-19H2,1-4H3/t14?,15-/m1/s1. The molecule has 1 aromatic carbocycles. The second kappa shape index (κ2) is 8.17. The number of hydrogen-bond acceptors (Lipinski definition) is 6. The zero-order valence-electron chi connectivity index (χ0n) is 14.4. The number of hydrogen-bond donors (Lipinski definition) is 4. The van der Waals surface area contributed by atoms with Crippen LogP contribution in [-0.2, 0) is 9.53 Å². The van der Waals surface area contributed by atoms with Crippen molar-refractivity contribution >= 4 is 17.3 Å². The summed E-state index contributed by atoms with van der Waals surface area (Å²) in [5, 5.41) is 13.5. The highest BCUT2D eigenvalue weighted by molar-refractivity contribution is 5.71. The topological polar surface area (TPSA) is 111 Å². The van der Waals surface area contributed by atoms with Gasteiger partial charge in [-0.05, 0) is 58.4 Å². The zero-order valence-corrected chi connectivity index (χ0v) is 14.4. The lowest BCUT2D eigenvalue weighted by Crippen LogP contribution is -2.38. The molecule has 0 fully saturated rings. The number of nitrogen functional groups attached to an aromatic ring is 1. The monoisotopic (exact) mass is 323 g/mol. The van der Waals surface area contributed by atoms with Gasteiger partial charge in [-0.25, -0.2) is 0 Å². The van der Waals surface area contributed by atoms with E-state index >= 15 is 0 Å². The number of carbonyl (C=O) groups excluding carboxylic acids is 1. The van der Waals surface area contributed by atoms with E-state index in [4.69, 9.17) is 16.2 Å². The molecule has 1 unspecified atom stereocenters. The smallest absolute Gasteiger partial charge is 0.309 e. The fourth-order valence-electron chi connectivity index (χ4n) is 2.25. The van der Waals surface area contributed by atoms with Crippen LogP contribution < -0.4 is 16.8 Å². The number of aliphatic hydroxyl groups is 1. The maximum atomic E-state index is 11.9. The van der Waals surface area contributed by atoms with Crippen LogP contribution in [0.4, 0.5) is 11.4 Å². The van der Waals surface area contributed by atoms with Crippen LogP contribution in [0.2, 0.25) is 0 Å². The van der Waals surface area contributed by atoms with E-state index < -0.39 is 17.7 Å². The summed E-state index contributed by atoms with van der Waals surface area (Å²) < 4.78 is 5.24. The fraction of sp³-hybridized carbons (Fsp3) is 0.588. The Balaban J connectivity index is 2.74. The maximum Gasteiger partial charge on any atom is 0.309 e. The summed E-state index contributed by atoms with van der Waals surface area (Å²) in [5.74, 6) is -0.439. The Bertz CT molecular complexity index is 526. The predicted octanol–water partition coefficient (Wildman–Crippen LogP) is 1.80. The van der Waals surface area contributed by atoms with Crippen LogP contribution in [0.3, 0.4) is 0 Å². The highest BCUT2D eigenvalue weighted by Crippen LogP contribution is 2.22. The van der Waals surface area contributed by atoms with Gasteiger partial charge in [0, 0.05) is 0 Å². The first-order valence-electron chi connectivity index (χ1n) is 7.85. The van der Waals surface area contributed by atoms with Crippen LogP contribution in [0.25, 0.3) is 0 Å². The molecule has 0 amide bonds. The number of rotatable bonds is 7. The minimum atomic E-state index is -0.908. The van der Waals surface area contributed by atoms with Gasteiger partial charge in [0.25, 0.3) is 0 Å². The second-order valence-electron chi connectivity index (χ2n) is 6.78. The molecule has 0 heterocycles. The number of anilines is 2. The molecule has 0 aromatic heterocycles. The minimum absolute atomic E-state index is 0.0965. The third-order valence-electron chi connectivity index (χ3n) is 3.29. The summed E-state index contributed by atoms with van der Waals surface area (Å²) in [6.07, 6.45) is -0.494. The van der Waals surface area contributed by atoms with Crippen LogP contribution in [0, 0.1) is 6.92 Å². The van der Waals surface area contributed by atoms with E-state index in [0.717, 1.165) is 11.3 Å². The lowest BCUT2D eigenvalue weighted by atomic mass is 10.0. The Hall–Kier alpha value is -1.79. The number of ether oxygens (including phenoxy) is 1. The third-order valence-corrected chi connectivity index (χ3v) is 3.29. The van der Waals surface area contributed by atoms with Crippen LogP contribution >= 0.6 is 0 Å². The Morgan fingerprint density at radius 2 is 2.04 bits per heavy atom. The molecule has 6 nitrogen and oxygen atoms in total.